The van der Waals surface area contributed by atoms with Crippen LogP contribution in [0.2, 0.25) is 0 Å². The molecule has 1 unspecified atom stereocenters. The van der Waals surface area contributed by atoms with Gasteiger partial charge in [-0.25, -0.2) is 0 Å². The molecule has 3 nitrogen and oxygen atoms in total. The summed E-state index contributed by atoms with van der Waals surface area (Å²) in [5.41, 5.74) is 5.53. The summed E-state index contributed by atoms with van der Waals surface area (Å²) >= 11 is 1.55. The molecule has 4 heteroatoms. The Kier molecular flexibility index (Phi) is 7.61. The second-order valence-corrected chi connectivity index (χ2v) is 9.85. The zero-order chi connectivity index (χ0) is 24.1. The molecule has 0 radical (unpaired) electrons. The number of aliphatic hydroxyl groups excluding tert-OH is 1. The number of benzene rings is 3. The summed E-state index contributed by atoms with van der Waals surface area (Å²) < 4.78 is 5.32. The van der Waals surface area contributed by atoms with Gasteiger partial charge in [0.1, 0.15) is 5.75 Å². The number of methoxy groups -OCH3 is 1. The molecule has 34 heavy (non-hydrogen) atoms. The van der Waals surface area contributed by atoms with Crippen LogP contribution in [-0.2, 0) is 6.42 Å². The SMILES string of the molecule is COc1cccc([C@@H](C)CC(=O)c2ccc(-c3cccc(Cc4cccc(C(C)O)c4)c3)s2)c1. The summed E-state index contributed by atoms with van der Waals surface area (Å²) in [5, 5.41) is 9.87. The summed E-state index contributed by atoms with van der Waals surface area (Å²) in [6, 6.07) is 28.5. The quantitative estimate of drug-likeness (QED) is 0.259. The van der Waals surface area contributed by atoms with Crippen molar-refractivity contribution in [2.24, 2.45) is 0 Å². The van der Waals surface area contributed by atoms with E-state index in [-0.39, 0.29) is 11.7 Å². The second kappa shape index (κ2) is 10.8. The monoisotopic (exact) mass is 470 g/mol. The molecule has 0 aliphatic heterocycles. The minimum absolute atomic E-state index is 0.119. The Morgan fingerprint density at radius 3 is 2.35 bits per heavy atom. The van der Waals surface area contributed by atoms with Crippen LogP contribution >= 0.6 is 11.3 Å². The lowest BCUT2D eigenvalue weighted by Gasteiger charge is -2.11. The molecule has 0 saturated carbocycles. The van der Waals surface area contributed by atoms with Crippen LogP contribution in [0, 0.1) is 0 Å². The normalized spacial score (nSPS) is 12.8. The molecular weight excluding hydrogens is 440 g/mol. The van der Waals surface area contributed by atoms with Crippen molar-refractivity contribution in [1.82, 2.24) is 0 Å². The molecule has 4 rings (SSSR count). The molecule has 2 atom stereocenters. The van der Waals surface area contributed by atoms with Gasteiger partial charge in [-0.2, -0.15) is 0 Å². The number of carbonyl (C=O) groups excluding carboxylic acids is 1. The molecule has 0 bridgehead atoms. The van der Waals surface area contributed by atoms with Gasteiger partial charge in [0.05, 0.1) is 18.1 Å². The molecule has 0 saturated heterocycles. The average molecular weight is 471 g/mol. The van der Waals surface area contributed by atoms with Crippen molar-refractivity contribution in [3.8, 4) is 16.2 Å². The van der Waals surface area contributed by atoms with E-state index in [4.69, 9.17) is 4.74 Å². The standard InChI is InChI=1S/C30H30O3S/c1-20(24-9-6-12-27(19-24)33-3)15-28(32)30-14-13-29(34-30)26-11-5-8-23(18-26)16-22-7-4-10-25(17-22)21(2)31/h4-14,17-21,31H,15-16H2,1-3H3/t20-,21?/m0/s1. The number of rotatable bonds is 9. The summed E-state index contributed by atoms with van der Waals surface area (Å²) in [7, 11) is 1.66. The molecule has 0 amide bonds. The molecule has 1 heterocycles. The third kappa shape index (κ3) is 5.82. The van der Waals surface area contributed by atoms with Crippen LogP contribution in [0.3, 0.4) is 0 Å². The smallest absolute Gasteiger partial charge is 0.173 e. The van der Waals surface area contributed by atoms with Gasteiger partial charge in [-0.15, -0.1) is 11.3 Å². The third-order valence-electron chi connectivity index (χ3n) is 6.09. The first-order valence-electron chi connectivity index (χ1n) is 11.6. The highest BCUT2D eigenvalue weighted by molar-refractivity contribution is 7.17. The number of aliphatic hydroxyl groups is 1. The Balaban J connectivity index is 1.46. The van der Waals surface area contributed by atoms with Crippen LogP contribution in [0.5, 0.6) is 5.75 Å². The van der Waals surface area contributed by atoms with Gasteiger partial charge in [-0.1, -0.05) is 67.6 Å². The maximum Gasteiger partial charge on any atom is 0.173 e. The molecule has 0 aliphatic rings. The molecule has 174 valence electrons. The van der Waals surface area contributed by atoms with Gasteiger partial charge >= 0.3 is 0 Å². The van der Waals surface area contributed by atoms with Gasteiger partial charge in [0, 0.05) is 11.3 Å². The number of ketones is 1. The highest BCUT2D eigenvalue weighted by Gasteiger charge is 2.16. The van der Waals surface area contributed by atoms with Crippen molar-refractivity contribution in [2.75, 3.05) is 7.11 Å². The molecule has 0 fully saturated rings. The Bertz CT molecular complexity index is 1270. The van der Waals surface area contributed by atoms with E-state index in [0.29, 0.717) is 6.42 Å². The molecule has 1 N–H and O–H groups in total. The van der Waals surface area contributed by atoms with Gasteiger partial charge in [-0.3, -0.25) is 4.79 Å². The third-order valence-corrected chi connectivity index (χ3v) is 7.26. The topological polar surface area (TPSA) is 46.5 Å². The highest BCUT2D eigenvalue weighted by Crippen LogP contribution is 2.32. The summed E-state index contributed by atoms with van der Waals surface area (Å²) in [6.07, 6.45) is 0.788. The van der Waals surface area contributed by atoms with Gasteiger partial charge in [0.25, 0.3) is 0 Å². The van der Waals surface area contributed by atoms with E-state index < -0.39 is 6.10 Å². The number of hydrogen-bond acceptors (Lipinski definition) is 4. The van der Waals surface area contributed by atoms with E-state index in [1.807, 2.05) is 48.5 Å². The number of ether oxygens (including phenoxy) is 1. The van der Waals surface area contributed by atoms with Crippen molar-refractivity contribution in [3.05, 3.63) is 112 Å². The van der Waals surface area contributed by atoms with Crippen LogP contribution in [0.4, 0.5) is 0 Å². The van der Waals surface area contributed by atoms with E-state index >= 15 is 0 Å². The van der Waals surface area contributed by atoms with Gasteiger partial charge in [-0.05, 0) is 71.3 Å². The predicted octanol–water partition coefficient (Wildman–Crippen LogP) is 7.44. The highest BCUT2D eigenvalue weighted by atomic mass is 32.1. The maximum atomic E-state index is 13.0. The van der Waals surface area contributed by atoms with Crippen LogP contribution < -0.4 is 4.74 Å². The Morgan fingerprint density at radius 2 is 1.59 bits per heavy atom. The Hall–Kier alpha value is -3.21. The zero-order valence-electron chi connectivity index (χ0n) is 19.8. The first-order valence-corrected chi connectivity index (χ1v) is 12.4. The lowest BCUT2D eigenvalue weighted by molar-refractivity contribution is 0.0979. The summed E-state index contributed by atoms with van der Waals surface area (Å²) in [6.45, 7) is 3.87. The average Bonchev–Trinajstić information content (AvgIpc) is 3.35. The van der Waals surface area contributed by atoms with E-state index in [2.05, 4.69) is 43.3 Å². The summed E-state index contributed by atoms with van der Waals surface area (Å²) in [4.78, 5) is 14.9. The van der Waals surface area contributed by atoms with Crippen molar-refractivity contribution >= 4 is 17.1 Å². The van der Waals surface area contributed by atoms with Crippen LogP contribution in [-0.4, -0.2) is 18.0 Å². The number of carbonyl (C=O) groups is 1. The Labute approximate surface area is 205 Å². The van der Waals surface area contributed by atoms with Gasteiger partial charge < -0.3 is 9.84 Å². The van der Waals surface area contributed by atoms with Crippen molar-refractivity contribution in [3.63, 3.8) is 0 Å². The van der Waals surface area contributed by atoms with Crippen molar-refractivity contribution < 1.29 is 14.6 Å². The molecule has 3 aromatic carbocycles. The lowest BCUT2D eigenvalue weighted by Crippen LogP contribution is -2.03. The van der Waals surface area contributed by atoms with E-state index in [1.165, 1.54) is 11.1 Å². The zero-order valence-corrected chi connectivity index (χ0v) is 20.6. The molecule has 0 spiro atoms. The van der Waals surface area contributed by atoms with Crippen LogP contribution in [0.25, 0.3) is 10.4 Å². The van der Waals surface area contributed by atoms with E-state index in [9.17, 15) is 9.90 Å². The fourth-order valence-electron chi connectivity index (χ4n) is 4.12. The minimum atomic E-state index is -0.472. The fraction of sp³-hybridized carbons (Fsp3) is 0.233. The van der Waals surface area contributed by atoms with Gasteiger partial charge in [0.2, 0.25) is 0 Å². The second-order valence-electron chi connectivity index (χ2n) is 8.77. The molecule has 0 aliphatic carbocycles. The van der Waals surface area contributed by atoms with Crippen molar-refractivity contribution in [1.29, 1.82) is 0 Å². The summed E-state index contributed by atoms with van der Waals surface area (Å²) in [5.74, 6) is 1.10. The maximum absolute atomic E-state index is 13.0. The fourth-order valence-corrected chi connectivity index (χ4v) is 5.07. The van der Waals surface area contributed by atoms with E-state index in [0.717, 1.165) is 38.6 Å². The molecule has 1 aromatic heterocycles. The number of Topliss-reactive ketones (excluding diaryl/α,β-unsaturated/α-hetero) is 1. The van der Waals surface area contributed by atoms with E-state index in [1.54, 1.807) is 25.4 Å². The number of hydrogen-bond donors (Lipinski definition) is 1. The number of thiophene rings is 1. The predicted molar refractivity (Wildman–Crippen MR) is 140 cm³/mol. The van der Waals surface area contributed by atoms with Crippen molar-refractivity contribution in [2.45, 2.75) is 38.7 Å². The van der Waals surface area contributed by atoms with Crippen LogP contribution in [0.1, 0.15) is 64.2 Å². The molecule has 4 aromatic rings. The van der Waals surface area contributed by atoms with Gasteiger partial charge in [0.15, 0.2) is 5.78 Å². The minimum Gasteiger partial charge on any atom is -0.497 e. The Morgan fingerprint density at radius 1 is 0.882 bits per heavy atom. The lowest BCUT2D eigenvalue weighted by atomic mass is 9.95. The largest absolute Gasteiger partial charge is 0.497 e. The first-order chi connectivity index (χ1) is 16.4. The molecular formula is C30H30O3S. The first kappa shape index (κ1) is 23.9. The van der Waals surface area contributed by atoms with Crippen LogP contribution in [0.15, 0.2) is 84.9 Å².